The summed E-state index contributed by atoms with van der Waals surface area (Å²) in [4.78, 5) is 43.9. The number of aliphatic hydroxyl groups is 1. The highest BCUT2D eigenvalue weighted by molar-refractivity contribution is 6.00. The fraction of sp³-hybridized carbons (Fsp3) is 0.606. The summed E-state index contributed by atoms with van der Waals surface area (Å²) in [5, 5.41) is 15.2. The second-order valence-electron chi connectivity index (χ2n) is 13.1. The van der Waals surface area contributed by atoms with Crippen LogP contribution in [0.2, 0.25) is 0 Å². The number of nitrogens with zero attached hydrogens (tertiary/aromatic N) is 3. The van der Waals surface area contributed by atoms with Crippen molar-refractivity contribution in [3.63, 3.8) is 0 Å². The van der Waals surface area contributed by atoms with Crippen LogP contribution in [0, 0.1) is 17.2 Å². The molecule has 1 atom stereocenters. The van der Waals surface area contributed by atoms with E-state index >= 15 is 0 Å². The van der Waals surface area contributed by atoms with E-state index in [9.17, 15) is 23.9 Å². The van der Waals surface area contributed by atoms with Crippen LogP contribution in [0.1, 0.15) is 75.6 Å². The molecule has 8 nitrogen and oxygen atoms in total. The average molecular weight is 581 g/mol. The number of piperidine rings is 1. The molecule has 228 valence electrons. The van der Waals surface area contributed by atoms with E-state index in [1.54, 1.807) is 23.1 Å². The number of hydrogen-bond donors (Lipinski definition) is 2. The maximum absolute atomic E-state index is 14.9. The smallest absolute Gasteiger partial charge is 0.256 e. The Balaban J connectivity index is 1.37. The minimum absolute atomic E-state index is 0.0255. The number of aromatic nitrogens is 1. The van der Waals surface area contributed by atoms with Crippen molar-refractivity contribution in [3.8, 4) is 11.1 Å². The maximum Gasteiger partial charge on any atom is 0.256 e. The molecule has 1 saturated carbocycles. The Kier molecular flexibility index (Phi) is 9.18. The van der Waals surface area contributed by atoms with Gasteiger partial charge >= 0.3 is 0 Å². The van der Waals surface area contributed by atoms with Gasteiger partial charge in [0.1, 0.15) is 5.82 Å². The van der Waals surface area contributed by atoms with Gasteiger partial charge in [0, 0.05) is 74.5 Å². The molecular formula is C33H45FN4O4. The van der Waals surface area contributed by atoms with Crippen LogP contribution in [-0.2, 0) is 11.3 Å². The van der Waals surface area contributed by atoms with Crippen LogP contribution >= 0.6 is 0 Å². The second kappa shape index (κ2) is 12.7. The minimum atomic E-state index is -1.29. The fourth-order valence-electron chi connectivity index (χ4n) is 6.92. The number of hydrogen-bond acceptors (Lipinski definition) is 5. The zero-order valence-corrected chi connectivity index (χ0v) is 25.0. The van der Waals surface area contributed by atoms with Gasteiger partial charge in [-0.1, -0.05) is 64.2 Å². The first-order valence-corrected chi connectivity index (χ1v) is 15.6. The predicted octanol–water partition coefficient (Wildman–Crippen LogP) is 4.05. The molecule has 3 heterocycles. The third kappa shape index (κ3) is 6.47. The van der Waals surface area contributed by atoms with Gasteiger partial charge in [-0.2, -0.15) is 0 Å². The van der Waals surface area contributed by atoms with Gasteiger partial charge in [-0.3, -0.25) is 14.4 Å². The molecule has 2 N–H and O–H groups in total. The van der Waals surface area contributed by atoms with Gasteiger partial charge in [-0.15, -0.1) is 0 Å². The number of likely N-dealkylation sites (tertiary alicyclic amines) is 1. The topological polar surface area (TPSA) is 94.9 Å². The molecule has 1 unspecified atom stereocenters. The number of carbonyl (C=O) groups excluding carboxylic acids is 2. The highest BCUT2D eigenvalue weighted by Crippen LogP contribution is 2.40. The monoisotopic (exact) mass is 580 g/mol. The van der Waals surface area contributed by atoms with Crippen LogP contribution in [0.5, 0.6) is 0 Å². The van der Waals surface area contributed by atoms with E-state index in [2.05, 4.69) is 5.32 Å². The summed E-state index contributed by atoms with van der Waals surface area (Å²) in [6.07, 6.45) is 9.49. The van der Waals surface area contributed by atoms with Crippen LogP contribution in [0.3, 0.4) is 0 Å². The average Bonchev–Trinajstić information content (AvgIpc) is 2.99. The van der Waals surface area contributed by atoms with Gasteiger partial charge in [-0.25, -0.2) is 4.39 Å². The first-order chi connectivity index (χ1) is 20.1. The van der Waals surface area contributed by atoms with Gasteiger partial charge in [0.2, 0.25) is 5.91 Å². The lowest BCUT2D eigenvalue weighted by Crippen LogP contribution is -2.60. The lowest BCUT2D eigenvalue weighted by molar-refractivity contribution is -0.154. The predicted molar refractivity (Wildman–Crippen MR) is 161 cm³/mol. The molecule has 1 aromatic carbocycles. The Morgan fingerprint density at radius 2 is 1.74 bits per heavy atom. The first-order valence-electron chi connectivity index (χ1n) is 15.6. The number of amides is 2. The molecule has 9 heteroatoms. The third-order valence-electron chi connectivity index (χ3n) is 9.84. The molecule has 2 amide bonds. The summed E-state index contributed by atoms with van der Waals surface area (Å²) < 4.78 is 16.3. The number of piperazine rings is 1. The zero-order valence-electron chi connectivity index (χ0n) is 25.0. The standard InChI is InChI=1S/C33H45FN4O4/c1-32(2)22-37(29(39)13-12-24-8-4-3-5-9-24)17-14-33(32,42)23-38-21-27(31(41)36-18-15-35-16-19-36)26(20-30(38)40)25-10-6-7-11-28(25)34/h6-7,10-11,20-21,24,35,42H,3-5,8-9,12-19,22-23H2,1-2H3. The molecule has 2 aliphatic heterocycles. The van der Waals surface area contributed by atoms with Crippen molar-refractivity contribution in [1.82, 2.24) is 19.7 Å². The zero-order chi connectivity index (χ0) is 29.9. The summed E-state index contributed by atoms with van der Waals surface area (Å²) in [7, 11) is 0. The quantitative estimate of drug-likeness (QED) is 0.516. The van der Waals surface area contributed by atoms with Crippen molar-refractivity contribution >= 4 is 11.8 Å². The lowest BCUT2D eigenvalue weighted by atomic mass is 9.69. The van der Waals surface area contributed by atoms with Crippen molar-refractivity contribution in [2.45, 2.75) is 77.4 Å². The van der Waals surface area contributed by atoms with Gasteiger partial charge in [0.05, 0.1) is 17.7 Å². The molecule has 2 aromatic rings. The molecule has 0 bridgehead atoms. The van der Waals surface area contributed by atoms with Crippen LogP contribution in [0.25, 0.3) is 11.1 Å². The van der Waals surface area contributed by atoms with E-state index in [0.717, 1.165) is 6.42 Å². The van der Waals surface area contributed by atoms with Crippen molar-refractivity contribution in [2.24, 2.45) is 11.3 Å². The Morgan fingerprint density at radius 3 is 2.43 bits per heavy atom. The van der Waals surface area contributed by atoms with Gasteiger partial charge in [0.25, 0.3) is 11.5 Å². The van der Waals surface area contributed by atoms with E-state index in [0.29, 0.717) is 58.0 Å². The summed E-state index contributed by atoms with van der Waals surface area (Å²) in [6, 6.07) is 7.45. The van der Waals surface area contributed by atoms with E-state index in [1.165, 1.54) is 55.0 Å². The summed E-state index contributed by atoms with van der Waals surface area (Å²) in [6.45, 7) is 6.97. The van der Waals surface area contributed by atoms with E-state index < -0.39 is 22.4 Å². The molecule has 3 aliphatic rings. The van der Waals surface area contributed by atoms with Crippen LogP contribution < -0.4 is 10.9 Å². The number of rotatable bonds is 7. The van der Waals surface area contributed by atoms with Crippen molar-refractivity contribution in [3.05, 3.63) is 58.3 Å². The number of halogens is 1. The maximum atomic E-state index is 14.9. The Morgan fingerprint density at radius 1 is 1.02 bits per heavy atom. The normalized spacial score (nSPS) is 23.1. The van der Waals surface area contributed by atoms with Crippen LogP contribution in [0.4, 0.5) is 4.39 Å². The van der Waals surface area contributed by atoms with E-state index in [-0.39, 0.29) is 35.0 Å². The molecule has 3 fully saturated rings. The van der Waals surface area contributed by atoms with Crippen LogP contribution in [0.15, 0.2) is 41.3 Å². The van der Waals surface area contributed by atoms with Gasteiger partial charge < -0.3 is 24.8 Å². The summed E-state index contributed by atoms with van der Waals surface area (Å²) in [5.74, 6) is -0.0156. The molecule has 42 heavy (non-hydrogen) atoms. The Hall–Kier alpha value is -3.04. The Bertz CT molecular complexity index is 1350. The fourth-order valence-corrected chi connectivity index (χ4v) is 6.92. The van der Waals surface area contributed by atoms with Gasteiger partial charge in [-0.05, 0) is 24.8 Å². The third-order valence-corrected chi connectivity index (χ3v) is 9.84. The second-order valence-corrected chi connectivity index (χ2v) is 13.1. The van der Waals surface area contributed by atoms with Crippen molar-refractivity contribution in [1.29, 1.82) is 0 Å². The van der Waals surface area contributed by atoms with Gasteiger partial charge in [0.15, 0.2) is 0 Å². The number of benzene rings is 1. The Labute approximate surface area is 247 Å². The summed E-state index contributed by atoms with van der Waals surface area (Å²) >= 11 is 0. The molecule has 5 rings (SSSR count). The molecule has 1 aliphatic carbocycles. The van der Waals surface area contributed by atoms with Crippen molar-refractivity contribution < 1.29 is 19.1 Å². The molecular weight excluding hydrogens is 535 g/mol. The number of pyridine rings is 1. The summed E-state index contributed by atoms with van der Waals surface area (Å²) in [5.41, 5.74) is -1.72. The SMILES string of the molecule is CC1(C)CN(C(=O)CCC2CCCCC2)CCC1(O)Cn1cc(C(=O)N2CCNCC2)c(-c2ccccc2F)cc1=O. The van der Waals surface area contributed by atoms with Crippen LogP contribution in [-0.4, -0.2) is 76.2 Å². The highest BCUT2D eigenvalue weighted by atomic mass is 19.1. The molecule has 1 aromatic heterocycles. The van der Waals surface area contributed by atoms with E-state index in [4.69, 9.17) is 0 Å². The van der Waals surface area contributed by atoms with Crippen molar-refractivity contribution in [2.75, 3.05) is 39.3 Å². The first kappa shape index (κ1) is 30.4. The lowest BCUT2D eigenvalue weighted by Gasteiger charge is -2.50. The number of nitrogens with one attached hydrogen (secondary N) is 1. The van der Waals surface area contributed by atoms with E-state index in [1.807, 2.05) is 18.7 Å². The molecule has 2 saturated heterocycles. The molecule has 0 spiro atoms. The highest BCUT2D eigenvalue weighted by Gasteiger charge is 2.49. The largest absolute Gasteiger partial charge is 0.387 e. The number of carbonyl (C=O) groups is 2. The molecule has 0 radical (unpaired) electrons. The minimum Gasteiger partial charge on any atom is -0.387 e.